The molecule has 0 bridgehead atoms. The van der Waals surface area contributed by atoms with E-state index >= 15 is 0 Å². The fraction of sp³-hybridized carbons (Fsp3) is 0.450. The summed E-state index contributed by atoms with van der Waals surface area (Å²) in [5, 5.41) is 0. The molecule has 2 aliphatic heterocycles. The monoisotopic (exact) mass is 1720 g/mol. The molecule has 630 valence electrons. The second-order valence-electron chi connectivity index (χ2n) is 34.3. The topological polar surface area (TPSA) is 43.4 Å². The van der Waals surface area contributed by atoms with Crippen LogP contribution in [0, 0.1) is 0 Å². The zero-order chi connectivity index (χ0) is 82.3. The number of para-hydroxylation sites is 1. The van der Waals surface area contributed by atoms with Gasteiger partial charge in [0.15, 0.2) is 0 Å². The summed E-state index contributed by atoms with van der Waals surface area (Å²) in [7, 11) is -0.503. The van der Waals surface area contributed by atoms with Crippen molar-refractivity contribution in [2.45, 2.75) is 291 Å². The van der Waals surface area contributed by atoms with Gasteiger partial charge in [-0.1, -0.05) is 376 Å². The molecule has 0 amide bonds. The molecular formula is C109H140B2Br2N2O4. The smallest absolute Gasteiger partial charge is 0.407 e. The number of nitrogens with zero attached hydrogens (tertiary/aromatic N) is 2. The quantitative estimate of drug-likeness (QED) is 0.0281. The molecule has 0 aromatic heterocycles. The van der Waals surface area contributed by atoms with Crippen molar-refractivity contribution in [1.82, 2.24) is 0 Å². The Morgan fingerprint density at radius 2 is 0.597 bits per heavy atom. The van der Waals surface area contributed by atoms with Crippen LogP contribution in [-0.2, 0) is 29.4 Å². The SMILES string of the molecule is C.CCC(C)c1ccc(N(c2ccc(Br)cc2)c2ccc(Br)cc2)cc1.CCCCCCCCC1(CCCCCCCC)c2cc(B3OCCCO3)ccc2-c2ccc(B3OCCCO3)cc21.CCCCCCCCC1(CCCCCCCC)c2ccccc2-c2ccc(-c3ccc(N(c4ccccc4)c4ccc(C(C)CC)cc4)cc3)cc21. The van der Waals surface area contributed by atoms with Crippen LogP contribution in [0.25, 0.3) is 33.4 Å². The van der Waals surface area contributed by atoms with Crippen molar-refractivity contribution < 1.29 is 18.6 Å². The fourth-order valence-corrected chi connectivity index (χ4v) is 19.3. The summed E-state index contributed by atoms with van der Waals surface area (Å²) in [6, 6.07) is 85.9. The van der Waals surface area contributed by atoms with Crippen LogP contribution in [0.1, 0.15) is 313 Å². The lowest BCUT2D eigenvalue weighted by Gasteiger charge is -2.34. The number of rotatable bonds is 41. The first-order chi connectivity index (χ1) is 57.9. The maximum Gasteiger partial charge on any atom is 0.493 e. The Kier molecular flexibility index (Phi) is 37.3. The van der Waals surface area contributed by atoms with E-state index in [1.807, 2.05) is 0 Å². The van der Waals surface area contributed by atoms with Gasteiger partial charge in [0.25, 0.3) is 0 Å². The van der Waals surface area contributed by atoms with Gasteiger partial charge in [-0.3, -0.25) is 0 Å². The van der Waals surface area contributed by atoms with Crippen LogP contribution in [0.5, 0.6) is 0 Å². The summed E-state index contributed by atoms with van der Waals surface area (Å²) in [6.07, 6.45) is 41.1. The van der Waals surface area contributed by atoms with Crippen molar-refractivity contribution in [3.8, 4) is 33.4 Å². The van der Waals surface area contributed by atoms with Gasteiger partial charge in [0, 0.05) is 80.3 Å². The normalized spacial score (nSPS) is 14.6. The maximum atomic E-state index is 6.08. The first kappa shape index (κ1) is 92.4. The summed E-state index contributed by atoms with van der Waals surface area (Å²) >= 11 is 7.05. The largest absolute Gasteiger partial charge is 0.493 e. The highest BCUT2D eigenvalue weighted by atomic mass is 79.9. The van der Waals surface area contributed by atoms with E-state index < -0.39 is 0 Å². The Hall–Kier alpha value is -7.27. The minimum atomic E-state index is -0.252. The van der Waals surface area contributed by atoms with Gasteiger partial charge in [-0.15, -0.1) is 0 Å². The van der Waals surface area contributed by atoms with E-state index in [-0.39, 0.29) is 32.5 Å². The van der Waals surface area contributed by atoms with E-state index in [2.05, 4.69) is 328 Å². The zero-order valence-electron chi connectivity index (χ0n) is 73.0. The predicted molar refractivity (Wildman–Crippen MR) is 522 cm³/mol. The molecule has 10 heteroatoms. The predicted octanol–water partition coefficient (Wildman–Crippen LogP) is 32.7. The van der Waals surface area contributed by atoms with Crippen molar-refractivity contribution in [3.63, 3.8) is 0 Å². The van der Waals surface area contributed by atoms with Crippen molar-refractivity contribution in [2.24, 2.45) is 0 Å². The van der Waals surface area contributed by atoms with Crippen LogP contribution in [0.4, 0.5) is 34.1 Å². The molecule has 0 saturated carbocycles. The summed E-state index contributed by atoms with van der Waals surface area (Å²) < 4.78 is 26.5. The van der Waals surface area contributed by atoms with Crippen LogP contribution in [-0.4, -0.2) is 40.7 Å². The summed E-state index contributed by atoms with van der Waals surface area (Å²) in [5.74, 6) is 1.15. The number of fused-ring (bicyclic) bond motifs is 6. The third-order valence-corrected chi connectivity index (χ3v) is 27.1. The maximum absolute atomic E-state index is 6.08. The van der Waals surface area contributed by atoms with Gasteiger partial charge >= 0.3 is 14.2 Å². The molecule has 4 aliphatic rings. The molecule has 2 heterocycles. The van der Waals surface area contributed by atoms with Crippen LogP contribution >= 0.6 is 31.9 Å². The van der Waals surface area contributed by atoms with E-state index in [1.54, 1.807) is 11.1 Å². The van der Waals surface area contributed by atoms with Gasteiger partial charge in [0.2, 0.25) is 0 Å². The number of benzene rings is 10. The molecule has 10 aromatic carbocycles. The Morgan fingerprint density at radius 1 is 0.303 bits per heavy atom. The zero-order valence-corrected chi connectivity index (χ0v) is 76.2. The van der Waals surface area contributed by atoms with Gasteiger partial charge in [0.1, 0.15) is 0 Å². The first-order valence-electron chi connectivity index (χ1n) is 46.4. The highest BCUT2D eigenvalue weighted by molar-refractivity contribution is 9.10. The highest BCUT2D eigenvalue weighted by Gasteiger charge is 2.45. The molecule has 2 atom stereocenters. The summed E-state index contributed by atoms with van der Waals surface area (Å²) in [6.45, 7) is 21.4. The van der Waals surface area contributed by atoms with Crippen molar-refractivity contribution >= 4 is 91.1 Å². The van der Waals surface area contributed by atoms with E-state index in [9.17, 15) is 0 Å². The minimum Gasteiger partial charge on any atom is -0.407 e. The summed E-state index contributed by atoms with van der Waals surface area (Å²) in [5.41, 5.74) is 26.7. The van der Waals surface area contributed by atoms with Crippen molar-refractivity contribution in [1.29, 1.82) is 0 Å². The fourth-order valence-electron chi connectivity index (χ4n) is 18.8. The van der Waals surface area contributed by atoms with Gasteiger partial charge in [0.05, 0.1) is 0 Å². The second kappa shape index (κ2) is 48.0. The molecule has 119 heavy (non-hydrogen) atoms. The van der Waals surface area contributed by atoms with Crippen LogP contribution in [0.2, 0.25) is 0 Å². The van der Waals surface area contributed by atoms with Gasteiger partial charge in [-0.05, 0) is 244 Å². The third kappa shape index (κ3) is 24.2. The van der Waals surface area contributed by atoms with E-state index in [4.69, 9.17) is 18.6 Å². The van der Waals surface area contributed by atoms with E-state index in [0.29, 0.717) is 11.8 Å². The van der Waals surface area contributed by atoms with Crippen LogP contribution < -0.4 is 20.7 Å². The molecule has 0 N–H and O–H groups in total. The third-order valence-electron chi connectivity index (χ3n) is 26.0. The lowest BCUT2D eigenvalue weighted by Crippen LogP contribution is -2.42. The number of unbranched alkanes of at least 4 members (excludes halogenated alkanes) is 20. The first-order valence-corrected chi connectivity index (χ1v) is 48.0. The van der Waals surface area contributed by atoms with Crippen LogP contribution in [0.3, 0.4) is 0 Å². The Bertz CT molecular complexity index is 4450. The van der Waals surface area contributed by atoms with Gasteiger partial charge in [-0.25, -0.2) is 0 Å². The standard InChI is InChI=1S/C51H63N.C35H52B2O4.C22H21Br2N.CH4/c1-5-8-10-12-14-21-37-51(38-22-15-13-11-9-6-2)49-26-20-19-25-47(49)48-36-31-43(39-50(48)51)42-29-34-46(35-30-42)52(44-23-17-16-18-24-44)45-32-27-41(28-33-45)40(4)7-3;1-3-5-7-9-11-13-21-35(22-14-12-10-8-6-4-2)33-27-29(36-38-23-15-24-39-36)17-19-31(33)32-20-18-30(28-34(32)35)37-40-25-16-26-41-37;1-3-16(2)17-4-10-20(11-5-17)25(21-12-6-18(23)7-13-21)22-14-8-19(24)9-15-22;/h16-20,23-36,39-40H,5-15,21-22,37-38H2,1-4H3;17-20,27-28H,3-16,21-26H2,1-2H3;4-16H,3H2,1-2H3;1H4. The lowest BCUT2D eigenvalue weighted by molar-refractivity contribution is 0.143. The molecule has 14 rings (SSSR count). The lowest BCUT2D eigenvalue weighted by atomic mass is 9.67. The number of hydrogen-bond acceptors (Lipinski definition) is 6. The molecule has 2 aliphatic carbocycles. The number of anilines is 6. The van der Waals surface area contributed by atoms with Crippen LogP contribution in [0.15, 0.2) is 239 Å². The van der Waals surface area contributed by atoms with E-state index in [1.165, 1.54) is 263 Å². The average Bonchev–Trinajstić information content (AvgIpc) is 1.57. The minimum absolute atomic E-state index is 0. The number of hydrogen-bond donors (Lipinski definition) is 0. The molecule has 6 nitrogen and oxygen atoms in total. The molecule has 2 fully saturated rings. The molecule has 0 spiro atoms. The van der Waals surface area contributed by atoms with Gasteiger partial charge < -0.3 is 28.4 Å². The Balaban J connectivity index is 0.000000184. The Labute approximate surface area is 737 Å². The average molecular weight is 1720 g/mol. The molecular weight excluding hydrogens is 1580 g/mol. The molecule has 10 aromatic rings. The molecule has 2 saturated heterocycles. The molecule has 0 radical (unpaired) electrons. The van der Waals surface area contributed by atoms with Crippen molar-refractivity contribution in [3.05, 3.63) is 273 Å². The summed E-state index contributed by atoms with van der Waals surface area (Å²) in [4.78, 5) is 4.66. The Morgan fingerprint density at radius 3 is 0.975 bits per heavy atom. The number of halogens is 2. The van der Waals surface area contributed by atoms with Gasteiger partial charge in [-0.2, -0.15) is 0 Å². The van der Waals surface area contributed by atoms with E-state index in [0.717, 1.165) is 78.1 Å². The van der Waals surface area contributed by atoms with Crippen molar-refractivity contribution in [2.75, 3.05) is 36.2 Å². The molecule has 2 unspecified atom stereocenters. The second-order valence-corrected chi connectivity index (χ2v) is 36.1. The highest BCUT2D eigenvalue weighted by Crippen LogP contribution is 2.57.